The maximum absolute atomic E-state index is 12.2. The van der Waals surface area contributed by atoms with E-state index in [0.29, 0.717) is 24.2 Å². The van der Waals surface area contributed by atoms with Crippen molar-refractivity contribution in [1.82, 2.24) is 14.7 Å². The molecule has 1 aromatic heterocycles. The SMILES string of the molecule is CN(CCCC(=O)O)C(=O)c1cnn(-c2ccc([N+](=O)[O-])cc2)c1. The highest BCUT2D eigenvalue weighted by molar-refractivity contribution is 5.93. The first-order chi connectivity index (χ1) is 11.4. The van der Waals surface area contributed by atoms with Gasteiger partial charge in [0.05, 0.1) is 22.4 Å². The van der Waals surface area contributed by atoms with E-state index in [9.17, 15) is 19.7 Å². The van der Waals surface area contributed by atoms with E-state index in [0.717, 1.165) is 0 Å². The number of hydrogen-bond acceptors (Lipinski definition) is 5. The van der Waals surface area contributed by atoms with Crippen molar-refractivity contribution >= 4 is 17.6 Å². The molecule has 126 valence electrons. The maximum atomic E-state index is 12.2. The molecule has 1 aromatic carbocycles. The summed E-state index contributed by atoms with van der Waals surface area (Å²) in [5.74, 6) is -1.17. The quantitative estimate of drug-likeness (QED) is 0.609. The molecule has 1 N–H and O–H groups in total. The van der Waals surface area contributed by atoms with Crippen LogP contribution in [0.2, 0.25) is 0 Å². The molecule has 0 spiro atoms. The Balaban J connectivity index is 2.05. The number of carboxylic acids is 1. The zero-order valence-electron chi connectivity index (χ0n) is 13.0. The number of rotatable bonds is 7. The minimum absolute atomic E-state index is 0.000321. The molecule has 0 aliphatic carbocycles. The summed E-state index contributed by atoms with van der Waals surface area (Å²) in [5, 5.41) is 23.3. The lowest BCUT2D eigenvalue weighted by molar-refractivity contribution is -0.384. The Morgan fingerprint density at radius 3 is 2.58 bits per heavy atom. The van der Waals surface area contributed by atoms with Crippen LogP contribution in [-0.4, -0.2) is 50.2 Å². The van der Waals surface area contributed by atoms with Crippen LogP contribution in [0.4, 0.5) is 5.69 Å². The van der Waals surface area contributed by atoms with E-state index < -0.39 is 10.9 Å². The monoisotopic (exact) mass is 332 g/mol. The number of carbonyl (C=O) groups is 2. The molecular formula is C15H16N4O5. The second-order valence-electron chi connectivity index (χ2n) is 5.17. The lowest BCUT2D eigenvalue weighted by Gasteiger charge is -2.15. The number of amides is 1. The Morgan fingerprint density at radius 2 is 2.00 bits per heavy atom. The number of nitrogens with zero attached hydrogens (tertiary/aromatic N) is 4. The number of non-ortho nitro benzene ring substituents is 1. The lowest BCUT2D eigenvalue weighted by Crippen LogP contribution is -2.27. The van der Waals surface area contributed by atoms with Crippen molar-refractivity contribution in [1.29, 1.82) is 0 Å². The predicted octanol–water partition coefficient (Wildman–Crippen LogP) is 1.72. The third kappa shape index (κ3) is 4.15. The molecule has 0 radical (unpaired) electrons. The van der Waals surface area contributed by atoms with Crippen LogP contribution in [0, 0.1) is 10.1 Å². The first-order valence-corrected chi connectivity index (χ1v) is 7.15. The standard InChI is InChI=1S/C15H16N4O5/c1-17(8-2-3-14(20)21)15(22)11-9-16-18(10-11)12-4-6-13(7-5-12)19(23)24/h4-7,9-10H,2-3,8H2,1H3,(H,20,21). The number of carboxylic acid groups (broad SMARTS) is 1. The molecular weight excluding hydrogens is 316 g/mol. The van der Waals surface area contributed by atoms with Gasteiger partial charge in [-0.05, 0) is 18.6 Å². The molecule has 0 fully saturated rings. The van der Waals surface area contributed by atoms with Gasteiger partial charge in [-0.3, -0.25) is 19.7 Å². The molecule has 24 heavy (non-hydrogen) atoms. The fraction of sp³-hybridized carbons (Fsp3) is 0.267. The summed E-state index contributed by atoms with van der Waals surface area (Å²) >= 11 is 0. The molecule has 0 aliphatic rings. The van der Waals surface area contributed by atoms with Crippen molar-refractivity contribution in [3.05, 3.63) is 52.3 Å². The number of aromatic nitrogens is 2. The Kier molecular flexibility index (Phi) is 5.25. The summed E-state index contributed by atoms with van der Waals surface area (Å²) in [6, 6.07) is 5.79. The van der Waals surface area contributed by atoms with Gasteiger partial charge in [0.2, 0.25) is 0 Å². The van der Waals surface area contributed by atoms with E-state index >= 15 is 0 Å². The number of nitro groups is 1. The molecule has 0 saturated heterocycles. The van der Waals surface area contributed by atoms with E-state index in [1.54, 1.807) is 7.05 Å². The highest BCUT2D eigenvalue weighted by Gasteiger charge is 2.15. The van der Waals surface area contributed by atoms with Crippen LogP contribution in [-0.2, 0) is 4.79 Å². The number of carbonyl (C=O) groups excluding carboxylic acids is 1. The van der Waals surface area contributed by atoms with Gasteiger partial charge >= 0.3 is 5.97 Å². The minimum Gasteiger partial charge on any atom is -0.481 e. The Morgan fingerprint density at radius 1 is 1.33 bits per heavy atom. The fourth-order valence-electron chi connectivity index (χ4n) is 2.09. The molecule has 1 amide bonds. The van der Waals surface area contributed by atoms with Gasteiger partial charge in [0, 0.05) is 38.3 Å². The van der Waals surface area contributed by atoms with Crippen molar-refractivity contribution in [2.75, 3.05) is 13.6 Å². The van der Waals surface area contributed by atoms with Crippen LogP contribution in [0.5, 0.6) is 0 Å². The average molecular weight is 332 g/mol. The molecule has 9 heteroatoms. The van der Waals surface area contributed by atoms with Crippen molar-refractivity contribution < 1.29 is 19.6 Å². The zero-order valence-corrected chi connectivity index (χ0v) is 13.0. The van der Waals surface area contributed by atoms with E-state index in [4.69, 9.17) is 5.11 Å². The van der Waals surface area contributed by atoms with Gasteiger partial charge in [0.1, 0.15) is 0 Å². The number of benzene rings is 1. The Labute approximate surface area is 137 Å². The Bertz CT molecular complexity index is 753. The van der Waals surface area contributed by atoms with Crippen LogP contribution < -0.4 is 0 Å². The summed E-state index contributed by atoms with van der Waals surface area (Å²) in [5.41, 5.74) is 0.916. The van der Waals surface area contributed by atoms with Gasteiger partial charge in [-0.1, -0.05) is 0 Å². The van der Waals surface area contributed by atoms with Gasteiger partial charge in [-0.25, -0.2) is 4.68 Å². The van der Waals surface area contributed by atoms with E-state index in [1.165, 1.54) is 46.2 Å². The van der Waals surface area contributed by atoms with Crippen LogP contribution in [0.25, 0.3) is 5.69 Å². The molecule has 0 aliphatic heterocycles. The van der Waals surface area contributed by atoms with Crippen molar-refractivity contribution in [2.45, 2.75) is 12.8 Å². The number of aliphatic carboxylic acids is 1. The van der Waals surface area contributed by atoms with Gasteiger partial charge < -0.3 is 10.0 Å². The van der Waals surface area contributed by atoms with Gasteiger partial charge in [0.15, 0.2) is 0 Å². The molecule has 0 saturated carbocycles. The first-order valence-electron chi connectivity index (χ1n) is 7.15. The molecule has 0 unspecified atom stereocenters. The summed E-state index contributed by atoms with van der Waals surface area (Å²) in [6.07, 6.45) is 3.29. The average Bonchev–Trinajstić information content (AvgIpc) is 3.03. The van der Waals surface area contributed by atoms with Gasteiger partial charge in [-0.2, -0.15) is 5.10 Å². The summed E-state index contributed by atoms with van der Waals surface area (Å²) in [4.78, 5) is 34.3. The fourth-order valence-corrected chi connectivity index (χ4v) is 2.09. The second-order valence-corrected chi connectivity index (χ2v) is 5.17. The van der Waals surface area contributed by atoms with E-state index in [1.807, 2.05) is 0 Å². The second kappa shape index (κ2) is 7.36. The highest BCUT2D eigenvalue weighted by Crippen LogP contribution is 2.15. The highest BCUT2D eigenvalue weighted by atomic mass is 16.6. The van der Waals surface area contributed by atoms with Crippen LogP contribution in [0.15, 0.2) is 36.7 Å². The van der Waals surface area contributed by atoms with Crippen molar-refractivity contribution in [3.63, 3.8) is 0 Å². The topological polar surface area (TPSA) is 119 Å². The Hall–Kier alpha value is -3.23. The minimum atomic E-state index is -0.901. The van der Waals surface area contributed by atoms with Crippen LogP contribution >= 0.6 is 0 Å². The van der Waals surface area contributed by atoms with E-state index in [-0.39, 0.29) is 18.0 Å². The van der Waals surface area contributed by atoms with Crippen molar-refractivity contribution in [2.24, 2.45) is 0 Å². The number of nitro benzene ring substituents is 1. The first kappa shape index (κ1) is 17.1. The third-order valence-corrected chi connectivity index (χ3v) is 3.39. The van der Waals surface area contributed by atoms with Gasteiger partial charge in [-0.15, -0.1) is 0 Å². The largest absolute Gasteiger partial charge is 0.481 e. The smallest absolute Gasteiger partial charge is 0.303 e. The van der Waals surface area contributed by atoms with Gasteiger partial charge in [0.25, 0.3) is 11.6 Å². The number of hydrogen-bond donors (Lipinski definition) is 1. The normalized spacial score (nSPS) is 10.4. The molecule has 1 heterocycles. The van der Waals surface area contributed by atoms with E-state index in [2.05, 4.69) is 5.10 Å². The summed E-state index contributed by atoms with van der Waals surface area (Å²) < 4.78 is 1.45. The molecule has 0 atom stereocenters. The third-order valence-electron chi connectivity index (χ3n) is 3.39. The summed E-state index contributed by atoms with van der Waals surface area (Å²) in [7, 11) is 1.59. The van der Waals surface area contributed by atoms with Crippen LogP contribution in [0.1, 0.15) is 23.2 Å². The molecule has 0 bridgehead atoms. The molecule has 9 nitrogen and oxygen atoms in total. The molecule has 2 aromatic rings. The lowest BCUT2D eigenvalue weighted by atomic mass is 10.2. The zero-order chi connectivity index (χ0) is 17.7. The molecule has 2 rings (SSSR count). The van der Waals surface area contributed by atoms with Crippen LogP contribution in [0.3, 0.4) is 0 Å². The maximum Gasteiger partial charge on any atom is 0.303 e. The summed E-state index contributed by atoms with van der Waals surface area (Å²) in [6.45, 7) is 0.327. The van der Waals surface area contributed by atoms with Crippen molar-refractivity contribution in [3.8, 4) is 5.69 Å². The predicted molar refractivity (Wildman–Crippen MR) is 84.0 cm³/mol.